The summed E-state index contributed by atoms with van der Waals surface area (Å²) in [5.41, 5.74) is -2.64. The zero-order chi connectivity index (χ0) is 17.2. The summed E-state index contributed by atoms with van der Waals surface area (Å²) in [6.45, 7) is 0. The molecule has 120 valence electrons. The number of esters is 1. The predicted molar refractivity (Wildman–Crippen MR) is 72.6 cm³/mol. The van der Waals surface area contributed by atoms with Gasteiger partial charge in [-0.05, 0) is 30.3 Å². The van der Waals surface area contributed by atoms with E-state index in [1.54, 1.807) is 0 Å². The van der Waals surface area contributed by atoms with E-state index in [1.165, 1.54) is 0 Å². The summed E-state index contributed by atoms with van der Waals surface area (Å²) in [6, 6.07) is 7.04. The molecule has 2 aromatic carbocycles. The Morgan fingerprint density at radius 3 is 2.13 bits per heavy atom. The van der Waals surface area contributed by atoms with Gasteiger partial charge >= 0.3 is 12.1 Å². The molecule has 0 saturated carbocycles. The molecule has 0 bridgehead atoms. The molecule has 0 N–H and O–H groups in total. The molecule has 0 heterocycles. The second kappa shape index (κ2) is 6.20. The van der Waals surface area contributed by atoms with Crippen molar-refractivity contribution >= 4 is 11.8 Å². The Bertz CT molecular complexity index is 749. The molecule has 0 aliphatic heterocycles. The summed E-state index contributed by atoms with van der Waals surface area (Å²) >= 11 is 0. The molecule has 0 unspecified atom stereocenters. The summed E-state index contributed by atoms with van der Waals surface area (Å²) in [7, 11) is 0.918. The highest BCUT2D eigenvalue weighted by Gasteiger charge is 2.38. The van der Waals surface area contributed by atoms with Crippen molar-refractivity contribution < 1.29 is 31.9 Å². The molecule has 2 rings (SSSR count). The Morgan fingerprint density at radius 1 is 1.00 bits per heavy atom. The predicted octanol–water partition coefficient (Wildman–Crippen LogP) is 3.86. The average Bonchev–Trinajstić information content (AvgIpc) is 2.52. The van der Waals surface area contributed by atoms with Crippen molar-refractivity contribution in [2.45, 2.75) is 6.18 Å². The molecule has 0 amide bonds. The van der Waals surface area contributed by atoms with Crippen LogP contribution in [0.5, 0.6) is 0 Å². The van der Waals surface area contributed by atoms with E-state index in [0.29, 0.717) is 6.07 Å². The number of carbonyl (C=O) groups is 2. The van der Waals surface area contributed by atoms with Crippen LogP contribution in [0.3, 0.4) is 0 Å². The van der Waals surface area contributed by atoms with Crippen LogP contribution in [-0.2, 0) is 10.9 Å². The van der Waals surface area contributed by atoms with Crippen molar-refractivity contribution in [3.05, 3.63) is 70.5 Å². The number of rotatable bonds is 3. The number of hydrogen-bond acceptors (Lipinski definition) is 3. The van der Waals surface area contributed by atoms with Crippen molar-refractivity contribution in [2.24, 2.45) is 0 Å². The Balaban J connectivity index is 2.64. The Labute approximate surface area is 128 Å². The van der Waals surface area contributed by atoms with Gasteiger partial charge in [0, 0.05) is 11.1 Å². The highest BCUT2D eigenvalue weighted by Crippen LogP contribution is 2.34. The summed E-state index contributed by atoms with van der Waals surface area (Å²) in [5.74, 6) is -2.71. The van der Waals surface area contributed by atoms with Gasteiger partial charge in [-0.1, -0.05) is 12.1 Å². The van der Waals surface area contributed by atoms with E-state index in [4.69, 9.17) is 0 Å². The smallest absolute Gasteiger partial charge is 0.417 e. The Hall–Kier alpha value is -2.70. The van der Waals surface area contributed by atoms with E-state index in [2.05, 4.69) is 4.74 Å². The first kappa shape index (κ1) is 16.7. The van der Waals surface area contributed by atoms with Gasteiger partial charge in [0.2, 0.25) is 0 Å². The molecule has 0 aliphatic carbocycles. The number of halogens is 4. The molecule has 0 aromatic heterocycles. The van der Waals surface area contributed by atoms with Gasteiger partial charge in [-0.25, -0.2) is 9.18 Å². The van der Waals surface area contributed by atoms with Gasteiger partial charge in [-0.3, -0.25) is 4.79 Å². The zero-order valence-electron chi connectivity index (χ0n) is 11.8. The summed E-state index contributed by atoms with van der Waals surface area (Å²) < 4.78 is 56.5. The minimum Gasteiger partial charge on any atom is -0.465 e. The fourth-order valence-electron chi connectivity index (χ4n) is 2.06. The maximum atomic E-state index is 13.1. The van der Waals surface area contributed by atoms with E-state index >= 15 is 0 Å². The number of ether oxygens (including phenoxy) is 1. The molecule has 2 aromatic rings. The lowest BCUT2D eigenvalue weighted by Crippen LogP contribution is -2.19. The van der Waals surface area contributed by atoms with Gasteiger partial charge in [0.15, 0.2) is 5.78 Å². The molecule has 0 radical (unpaired) electrons. The van der Waals surface area contributed by atoms with E-state index in [9.17, 15) is 27.2 Å². The van der Waals surface area contributed by atoms with Crippen LogP contribution >= 0.6 is 0 Å². The van der Waals surface area contributed by atoms with Crippen molar-refractivity contribution in [2.75, 3.05) is 7.11 Å². The number of alkyl halides is 3. The Kier molecular flexibility index (Phi) is 4.49. The van der Waals surface area contributed by atoms with Gasteiger partial charge in [0.25, 0.3) is 0 Å². The summed E-state index contributed by atoms with van der Waals surface area (Å²) in [4.78, 5) is 24.1. The van der Waals surface area contributed by atoms with Crippen molar-refractivity contribution in [3.8, 4) is 0 Å². The van der Waals surface area contributed by atoms with Crippen molar-refractivity contribution in [3.63, 3.8) is 0 Å². The second-order valence-corrected chi connectivity index (χ2v) is 4.55. The molecular formula is C16H10F4O3. The highest BCUT2D eigenvalue weighted by molar-refractivity contribution is 6.15. The van der Waals surface area contributed by atoms with E-state index in [0.717, 1.165) is 43.5 Å². The first-order valence-corrected chi connectivity index (χ1v) is 6.34. The summed E-state index contributed by atoms with van der Waals surface area (Å²) in [5, 5.41) is 0. The number of benzene rings is 2. The number of carbonyl (C=O) groups excluding carboxylic acids is 2. The maximum Gasteiger partial charge on any atom is 0.417 e. The molecule has 0 spiro atoms. The molecule has 0 aliphatic rings. The minimum absolute atomic E-state index is 0.0455. The minimum atomic E-state index is -4.83. The molecule has 3 nitrogen and oxygen atoms in total. The monoisotopic (exact) mass is 326 g/mol. The van der Waals surface area contributed by atoms with Crippen LogP contribution in [0.4, 0.5) is 17.6 Å². The normalized spacial score (nSPS) is 11.2. The molecular weight excluding hydrogens is 316 g/mol. The highest BCUT2D eigenvalue weighted by atomic mass is 19.4. The van der Waals surface area contributed by atoms with Gasteiger partial charge < -0.3 is 4.74 Å². The van der Waals surface area contributed by atoms with Crippen molar-refractivity contribution in [1.29, 1.82) is 0 Å². The third-order valence-electron chi connectivity index (χ3n) is 3.11. The van der Waals surface area contributed by atoms with Gasteiger partial charge in [0.05, 0.1) is 18.2 Å². The van der Waals surface area contributed by atoms with Crippen LogP contribution in [0, 0.1) is 5.82 Å². The van der Waals surface area contributed by atoms with E-state index in [1.807, 2.05) is 0 Å². The van der Waals surface area contributed by atoms with Crippen LogP contribution in [0.1, 0.15) is 31.8 Å². The number of methoxy groups -OCH3 is 1. The third kappa shape index (κ3) is 3.39. The van der Waals surface area contributed by atoms with Crippen LogP contribution < -0.4 is 0 Å². The van der Waals surface area contributed by atoms with E-state index in [-0.39, 0.29) is 5.56 Å². The third-order valence-corrected chi connectivity index (χ3v) is 3.11. The number of ketones is 1. The largest absolute Gasteiger partial charge is 0.465 e. The van der Waals surface area contributed by atoms with Crippen LogP contribution in [0.25, 0.3) is 0 Å². The van der Waals surface area contributed by atoms with Crippen molar-refractivity contribution in [1.82, 2.24) is 0 Å². The fourth-order valence-corrected chi connectivity index (χ4v) is 2.06. The lowest BCUT2D eigenvalue weighted by Gasteiger charge is -2.14. The first-order valence-electron chi connectivity index (χ1n) is 6.34. The van der Waals surface area contributed by atoms with Crippen LogP contribution in [0.2, 0.25) is 0 Å². The molecule has 7 heteroatoms. The Morgan fingerprint density at radius 2 is 1.61 bits per heavy atom. The molecule has 23 heavy (non-hydrogen) atoms. The maximum absolute atomic E-state index is 13.1. The zero-order valence-corrected chi connectivity index (χ0v) is 11.8. The number of hydrogen-bond donors (Lipinski definition) is 0. The fraction of sp³-hybridized carbons (Fsp3) is 0.125. The van der Waals surface area contributed by atoms with Crippen LogP contribution in [-0.4, -0.2) is 18.9 Å². The van der Waals surface area contributed by atoms with Gasteiger partial charge in [-0.15, -0.1) is 0 Å². The average molecular weight is 326 g/mol. The molecule has 0 saturated heterocycles. The first-order chi connectivity index (χ1) is 10.8. The van der Waals surface area contributed by atoms with Gasteiger partial charge in [0.1, 0.15) is 5.82 Å². The van der Waals surface area contributed by atoms with E-state index < -0.39 is 40.4 Å². The SMILES string of the molecule is COC(=O)c1c(C(=O)c2ccc(F)cc2)cccc1C(F)(F)F. The lowest BCUT2D eigenvalue weighted by atomic mass is 9.94. The summed E-state index contributed by atoms with van der Waals surface area (Å²) in [6.07, 6.45) is -4.83. The molecule has 0 atom stereocenters. The standard InChI is InChI=1S/C16H10F4O3/c1-23-15(22)13-11(3-2-4-12(13)16(18,19)20)14(21)9-5-7-10(17)8-6-9/h2-8H,1H3. The van der Waals surface area contributed by atoms with Crippen LogP contribution in [0.15, 0.2) is 42.5 Å². The lowest BCUT2D eigenvalue weighted by molar-refractivity contribution is -0.138. The second-order valence-electron chi connectivity index (χ2n) is 4.55. The topological polar surface area (TPSA) is 43.4 Å². The molecule has 0 fully saturated rings. The van der Waals surface area contributed by atoms with Gasteiger partial charge in [-0.2, -0.15) is 13.2 Å². The quantitative estimate of drug-likeness (QED) is 0.489.